The summed E-state index contributed by atoms with van der Waals surface area (Å²) in [5.41, 5.74) is 1.95. The van der Waals surface area contributed by atoms with E-state index in [0.717, 1.165) is 11.1 Å². The summed E-state index contributed by atoms with van der Waals surface area (Å²) >= 11 is 0. The Morgan fingerprint density at radius 3 is 2.42 bits per heavy atom. The molecule has 0 atom stereocenters. The third-order valence-electron chi connectivity index (χ3n) is 2.41. The molecule has 0 fully saturated rings. The molecule has 1 aromatic heterocycles. The van der Waals surface area contributed by atoms with Gasteiger partial charge in [-0.3, -0.25) is 0 Å². The highest BCUT2D eigenvalue weighted by atomic mass is 16.6. The van der Waals surface area contributed by atoms with Crippen molar-refractivity contribution in [1.82, 2.24) is 9.78 Å². The maximum atomic E-state index is 11.8. The van der Waals surface area contributed by atoms with Crippen molar-refractivity contribution in [2.45, 2.75) is 26.4 Å². The number of nitrogens with zero attached hydrogens (tertiary/aromatic N) is 2. The lowest BCUT2D eigenvalue weighted by molar-refractivity contribution is 0.0514. The predicted octanol–water partition coefficient (Wildman–Crippen LogP) is 2.13. The first-order valence-corrected chi connectivity index (χ1v) is 5.99. The second-order valence-corrected chi connectivity index (χ2v) is 5.28. The van der Waals surface area contributed by atoms with E-state index >= 15 is 0 Å². The molecule has 0 aliphatic carbocycles. The van der Waals surface area contributed by atoms with Crippen LogP contribution in [-0.2, 0) is 4.74 Å². The molecule has 1 aromatic carbocycles. The van der Waals surface area contributed by atoms with E-state index in [1.807, 2.05) is 32.9 Å². The maximum absolute atomic E-state index is 11.8. The zero-order valence-corrected chi connectivity index (χ0v) is 11.3. The fraction of sp³-hybridized carbons (Fsp3) is 0.286. The molecule has 0 saturated heterocycles. The first-order valence-electron chi connectivity index (χ1n) is 5.99. The summed E-state index contributed by atoms with van der Waals surface area (Å²) in [4.78, 5) is 11.8. The summed E-state index contributed by atoms with van der Waals surface area (Å²) in [5.74, 6) is 0. The molecule has 0 aliphatic rings. The van der Waals surface area contributed by atoms with E-state index in [-0.39, 0.29) is 0 Å². The Labute approximate surface area is 113 Å². The van der Waals surface area contributed by atoms with Gasteiger partial charge in [-0.2, -0.15) is 9.78 Å². The van der Waals surface area contributed by atoms with Gasteiger partial charge in [0.1, 0.15) is 13.4 Å². The van der Waals surface area contributed by atoms with Crippen LogP contribution < -0.4 is 5.46 Å². The Balaban J connectivity index is 2.19. The van der Waals surface area contributed by atoms with E-state index in [4.69, 9.17) is 12.6 Å². The number of ether oxygens (including phenoxy) is 1. The highest BCUT2D eigenvalue weighted by Crippen LogP contribution is 2.17. The highest BCUT2D eigenvalue weighted by molar-refractivity contribution is 6.32. The fourth-order valence-electron chi connectivity index (χ4n) is 1.56. The summed E-state index contributed by atoms with van der Waals surface area (Å²) < 4.78 is 6.43. The van der Waals surface area contributed by atoms with E-state index < -0.39 is 11.7 Å². The van der Waals surface area contributed by atoms with Crippen molar-refractivity contribution < 1.29 is 9.53 Å². The molecular weight excluding hydrogens is 239 g/mol. The molecule has 0 spiro atoms. The van der Waals surface area contributed by atoms with Crippen LogP contribution in [0.1, 0.15) is 20.8 Å². The molecule has 5 heteroatoms. The smallest absolute Gasteiger partial charge is 0.435 e. The van der Waals surface area contributed by atoms with Crippen LogP contribution in [0.4, 0.5) is 4.79 Å². The van der Waals surface area contributed by atoms with Crippen molar-refractivity contribution in [3.05, 3.63) is 36.7 Å². The zero-order valence-electron chi connectivity index (χ0n) is 11.3. The van der Waals surface area contributed by atoms with Gasteiger partial charge in [-0.05, 0) is 26.3 Å². The number of hydrogen-bond acceptors (Lipinski definition) is 3. The fourth-order valence-corrected chi connectivity index (χ4v) is 1.56. The van der Waals surface area contributed by atoms with E-state index in [1.54, 1.807) is 24.5 Å². The molecule has 0 amide bonds. The molecule has 0 unspecified atom stereocenters. The number of carbonyl (C=O) groups is 1. The third kappa shape index (κ3) is 3.47. The van der Waals surface area contributed by atoms with Crippen molar-refractivity contribution in [2.75, 3.05) is 0 Å². The Morgan fingerprint density at radius 2 is 1.84 bits per heavy atom. The molecule has 19 heavy (non-hydrogen) atoms. The van der Waals surface area contributed by atoms with E-state index in [1.165, 1.54) is 4.68 Å². The highest BCUT2D eigenvalue weighted by Gasteiger charge is 2.18. The first-order chi connectivity index (χ1) is 8.85. The number of benzene rings is 1. The first kappa shape index (κ1) is 13.4. The molecule has 4 nitrogen and oxygen atoms in total. The lowest BCUT2D eigenvalue weighted by Crippen LogP contribution is -2.27. The third-order valence-corrected chi connectivity index (χ3v) is 2.41. The Bertz CT molecular complexity index is 582. The van der Waals surface area contributed by atoms with Crippen LogP contribution in [0.5, 0.6) is 0 Å². The molecule has 96 valence electrons. The SMILES string of the molecule is [B]c1ccc(-c2cnn(C(=O)OC(C)(C)C)c2)cc1. The van der Waals surface area contributed by atoms with Gasteiger partial charge in [-0.25, -0.2) is 4.79 Å². The van der Waals surface area contributed by atoms with Crippen LogP contribution in [0.3, 0.4) is 0 Å². The minimum Gasteiger partial charge on any atom is -0.442 e. The predicted molar refractivity (Wildman–Crippen MR) is 74.7 cm³/mol. The van der Waals surface area contributed by atoms with Crippen LogP contribution in [0.25, 0.3) is 11.1 Å². The number of rotatable bonds is 1. The van der Waals surface area contributed by atoms with Crippen LogP contribution in [0, 0.1) is 0 Å². The van der Waals surface area contributed by atoms with E-state index in [9.17, 15) is 4.79 Å². The topological polar surface area (TPSA) is 44.1 Å². The van der Waals surface area contributed by atoms with Crippen LogP contribution in [0.15, 0.2) is 36.7 Å². The summed E-state index contributed by atoms with van der Waals surface area (Å²) in [6.45, 7) is 5.44. The second-order valence-electron chi connectivity index (χ2n) is 5.28. The quantitative estimate of drug-likeness (QED) is 0.732. The number of carbonyl (C=O) groups excluding carboxylic acids is 1. The molecule has 0 N–H and O–H groups in total. The summed E-state index contributed by atoms with van der Waals surface area (Å²) in [6, 6.07) is 7.37. The van der Waals surface area contributed by atoms with Gasteiger partial charge in [-0.15, -0.1) is 0 Å². The van der Waals surface area contributed by atoms with Gasteiger partial charge in [-0.1, -0.05) is 29.7 Å². The van der Waals surface area contributed by atoms with Gasteiger partial charge in [0.25, 0.3) is 0 Å². The van der Waals surface area contributed by atoms with Crippen molar-refractivity contribution in [3.63, 3.8) is 0 Å². The Hall–Kier alpha value is -2.04. The Morgan fingerprint density at radius 1 is 1.21 bits per heavy atom. The van der Waals surface area contributed by atoms with Crippen LogP contribution >= 0.6 is 0 Å². The summed E-state index contributed by atoms with van der Waals surface area (Å²) in [7, 11) is 5.63. The van der Waals surface area contributed by atoms with E-state index in [2.05, 4.69) is 5.10 Å². The van der Waals surface area contributed by atoms with Gasteiger partial charge in [0.05, 0.1) is 6.20 Å². The summed E-state index contributed by atoms with van der Waals surface area (Å²) in [5, 5.41) is 4.01. The van der Waals surface area contributed by atoms with Gasteiger partial charge in [0, 0.05) is 11.8 Å². The average Bonchev–Trinajstić information content (AvgIpc) is 2.77. The second kappa shape index (κ2) is 4.92. The van der Waals surface area contributed by atoms with Gasteiger partial charge >= 0.3 is 6.09 Å². The lowest BCUT2D eigenvalue weighted by atomic mass is 9.94. The van der Waals surface area contributed by atoms with Crippen LogP contribution in [0.2, 0.25) is 0 Å². The minimum atomic E-state index is -0.537. The standard InChI is InChI=1S/C14H15BN2O2/c1-14(2,3)19-13(18)17-9-11(8-16-17)10-4-6-12(15)7-5-10/h4-9H,1-3H3. The zero-order chi connectivity index (χ0) is 14.0. The molecule has 0 bridgehead atoms. The monoisotopic (exact) mass is 254 g/mol. The molecule has 2 aromatic rings. The van der Waals surface area contributed by atoms with Gasteiger partial charge < -0.3 is 4.74 Å². The van der Waals surface area contributed by atoms with Crippen molar-refractivity contribution in [2.24, 2.45) is 0 Å². The van der Waals surface area contributed by atoms with Crippen molar-refractivity contribution >= 4 is 19.4 Å². The molecule has 2 rings (SSSR count). The van der Waals surface area contributed by atoms with E-state index in [0.29, 0.717) is 5.46 Å². The molecule has 0 aliphatic heterocycles. The van der Waals surface area contributed by atoms with Gasteiger partial charge in [0.2, 0.25) is 0 Å². The van der Waals surface area contributed by atoms with Gasteiger partial charge in [0.15, 0.2) is 0 Å². The molecule has 1 heterocycles. The number of hydrogen-bond donors (Lipinski definition) is 0. The minimum absolute atomic E-state index is 0.491. The van der Waals surface area contributed by atoms with Crippen LogP contribution in [-0.4, -0.2) is 29.3 Å². The lowest BCUT2D eigenvalue weighted by Gasteiger charge is -2.18. The largest absolute Gasteiger partial charge is 0.442 e. The summed E-state index contributed by atoms with van der Waals surface area (Å²) in [6.07, 6.45) is 2.77. The molecular formula is C14H15BN2O2. The molecule has 2 radical (unpaired) electrons. The normalized spacial score (nSPS) is 11.3. The maximum Gasteiger partial charge on any atom is 0.435 e. The Kier molecular flexibility index (Phi) is 3.47. The van der Waals surface area contributed by atoms with Crippen molar-refractivity contribution in [3.8, 4) is 11.1 Å². The average molecular weight is 254 g/mol. The number of aromatic nitrogens is 2. The van der Waals surface area contributed by atoms with Crippen molar-refractivity contribution in [1.29, 1.82) is 0 Å². The molecule has 0 saturated carbocycles.